The van der Waals surface area contributed by atoms with E-state index in [1.54, 1.807) is 35.2 Å². The van der Waals surface area contributed by atoms with Gasteiger partial charge in [0.25, 0.3) is 17.7 Å². The summed E-state index contributed by atoms with van der Waals surface area (Å²) < 4.78 is 5.89. The van der Waals surface area contributed by atoms with Crippen molar-refractivity contribution in [3.05, 3.63) is 66.3 Å². The number of morpholine rings is 1. The minimum absolute atomic E-state index is 0.129. The van der Waals surface area contributed by atoms with Gasteiger partial charge in [-0.1, -0.05) is 17.7 Å². The first-order chi connectivity index (χ1) is 17.9. The summed E-state index contributed by atoms with van der Waals surface area (Å²) >= 11 is 8.54. The normalized spacial score (nSPS) is 15.8. The van der Waals surface area contributed by atoms with Crippen LogP contribution in [0.4, 0.5) is 5.69 Å². The average molecular weight is 560 g/mol. The molecule has 3 aromatic rings. The van der Waals surface area contributed by atoms with Gasteiger partial charge in [0.1, 0.15) is 0 Å². The summed E-state index contributed by atoms with van der Waals surface area (Å²) in [5, 5.41) is 6.20. The highest BCUT2D eigenvalue weighted by Gasteiger charge is 2.24. The lowest BCUT2D eigenvalue weighted by atomic mass is 10.1. The van der Waals surface area contributed by atoms with Crippen LogP contribution in [0.1, 0.15) is 46.0 Å². The number of thiazole rings is 1. The number of aromatic nitrogens is 1. The smallest absolute Gasteiger partial charge is 0.284 e. The third kappa shape index (κ3) is 6.02. The number of rotatable bonds is 6. The first kappa shape index (κ1) is 25.8. The quantitative estimate of drug-likeness (QED) is 0.479. The molecule has 0 unspecified atom stereocenters. The van der Waals surface area contributed by atoms with Crippen molar-refractivity contribution in [3.63, 3.8) is 0 Å². The lowest BCUT2D eigenvalue weighted by molar-refractivity contribution is 0.0303. The molecule has 37 heavy (non-hydrogen) atoms. The van der Waals surface area contributed by atoms with Gasteiger partial charge in [0.15, 0.2) is 5.01 Å². The zero-order valence-electron chi connectivity index (χ0n) is 20.2. The number of nitrogens with zero attached hydrogens (tertiary/aromatic N) is 3. The molecule has 194 valence electrons. The second-order valence-electron chi connectivity index (χ2n) is 8.89. The van der Waals surface area contributed by atoms with Crippen molar-refractivity contribution >= 4 is 57.7 Å². The van der Waals surface area contributed by atoms with Gasteiger partial charge >= 0.3 is 0 Å². The largest absolute Gasteiger partial charge is 0.378 e. The Bertz CT molecular complexity index is 1330. The summed E-state index contributed by atoms with van der Waals surface area (Å²) in [4.78, 5) is 49.0. The van der Waals surface area contributed by atoms with Crippen LogP contribution in [0.25, 0.3) is 0 Å². The van der Waals surface area contributed by atoms with E-state index in [9.17, 15) is 14.4 Å². The summed E-state index contributed by atoms with van der Waals surface area (Å²) in [6.07, 6.45) is 0.809. The van der Waals surface area contributed by atoms with E-state index in [1.165, 1.54) is 22.7 Å². The highest BCUT2D eigenvalue weighted by atomic mass is 35.5. The van der Waals surface area contributed by atoms with E-state index >= 15 is 0 Å². The molecule has 0 saturated carbocycles. The van der Waals surface area contributed by atoms with Crippen LogP contribution in [0, 0.1) is 0 Å². The number of amides is 3. The fraction of sp³-hybridized carbons (Fsp3) is 0.360. The molecule has 0 atom stereocenters. The Balaban J connectivity index is 1.38. The lowest BCUT2D eigenvalue weighted by Crippen LogP contribution is -2.40. The Labute approximate surface area is 227 Å². The highest BCUT2D eigenvalue weighted by molar-refractivity contribution is 7.18. The molecule has 9 nitrogen and oxygen atoms in total. The number of hydrogen-bond donors (Lipinski definition) is 2. The van der Waals surface area contributed by atoms with Crippen molar-refractivity contribution in [3.8, 4) is 0 Å². The summed E-state index contributed by atoms with van der Waals surface area (Å²) in [5.74, 6) is -0.731. The number of carbonyl (C=O) groups is 3. The van der Waals surface area contributed by atoms with E-state index in [0.717, 1.165) is 30.1 Å². The molecule has 4 heterocycles. The second kappa shape index (κ2) is 11.3. The van der Waals surface area contributed by atoms with Crippen LogP contribution in [0.5, 0.6) is 0 Å². The summed E-state index contributed by atoms with van der Waals surface area (Å²) in [6.45, 7) is 3.86. The molecule has 5 rings (SSSR count). The van der Waals surface area contributed by atoms with Crippen LogP contribution in [0.3, 0.4) is 0 Å². The second-order valence-corrected chi connectivity index (χ2v) is 11.7. The van der Waals surface area contributed by atoms with E-state index in [4.69, 9.17) is 16.3 Å². The van der Waals surface area contributed by atoms with Crippen molar-refractivity contribution in [1.29, 1.82) is 0 Å². The van der Waals surface area contributed by atoms with Crippen molar-refractivity contribution in [1.82, 2.24) is 20.1 Å². The molecule has 12 heteroatoms. The number of anilines is 1. The molecule has 0 bridgehead atoms. The fourth-order valence-electron chi connectivity index (χ4n) is 4.22. The van der Waals surface area contributed by atoms with Crippen LogP contribution in [0.2, 0.25) is 4.34 Å². The minimum atomic E-state index is -0.337. The van der Waals surface area contributed by atoms with Gasteiger partial charge in [-0.15, -0.1) is 22.7 Å². The van der Waals surface area contributed by atoms with Gasteiger partial charge in [0, 0.05) is 55.3 Å². The topological polar surface area (TPSA) is 104 Å². The Morgan fingerprint density at radius 2 is 1.89 bits per heavy atom. The Hall–Kier alpha value is -2.83. The van der Waals surface area contributed by atoms with Crippen LogP contribution in [-0.4, -0.2) is 72.4 Å². The number of halogens is 1. The Kier molecular flexibility index (Phi) is 7.87. The van der Waals surface area contributed by atoms with E-state index in [0.29, 0.717) is 57.3 Å². The van der Waals surface area contributed by atoms with Crippen LogP contribution in [0.15, 0.2) is 30.3 Å². The highest BCUT2D eigenvalue weighted by Crippen LogP contribution is 2.27. The van der Waals surface area contributed by atoms with E-state index < -0.39 is 0 Å². The van der Waals surface area contributed by atoms with Crippen LogP contribution in [-0.2, 0) is 24.2 Å². The number of nitrogens with one attached hydrogen (secondary N) is 2. The van der Waals surface area contributed by atoms with Crippen molar-refractivity contribution in [2.24, 2.45) is 0 Å². The number of hydrogen-bond acceptors (Lipinski definition) is 8. The molecule has 1 saturated heterocycles. The molecule has 2 aliphatic heterocycles. The SMILES string of the molecule is CN1CCc2nc(C(=O)Nc3cc(C(=O)N4CCOCC4)ccc3CNC(=O)c3ccc(Cl)s3)sc2C1. The molecule has 0 aliphatic carbocycles. The molecule has 1 fully saturated rings. The summed E-state index contributed by atoms with van der Waals surface area (Å²) in [7, 11) is 2.05. The zero-order valence-corrected chi connectivity index (χ0v) is 22.6. The zero-order chi connectivity index (χ0) is 25.9. The first-order valence-electron chi connectivity index (χ1n) is 11.9. The van der Waals surface area contributed by atoms with Gasteiger partial charge in [-0.05, 0) is 36.9 Å². The number of carbonyl (C=O) groups excluding carboxylic acids is 3. The van der Waals surface area contributed by atoms with Crippen molar-refractivity contribution < 1.29 is 19.1 Å². The van der Waals surface area contributed by atoms with E-state index in [-0.39, 0.29) is 24.3 Å². The van der Waals surface area contributed by atoms with Gasteiger partial charge < -0.3 is 25.2 Å². The van der Waals surface area contributed by atoms with Crippen LogP contribution >= 0.6 is 34.3 Å². The monoisotopic (exact) mass is 559 g/mol. The van der Waals surface area contributed by atoms with Gasteiger partial charge in [-0.25, -0.2) is 4.98 Å². The molecular formula is C25H26ClN5O4S2. The molecule has 0 spiro atoms. The number of benzene rings is 1. The first-order valence-corrected chi connectivity index (χ1v) is 13.9. The molecule has 2 N–H and O–H groups in total. The van der Waals surface area contributed by atoms with E-state index in [1.807, 2.05) is 7.05 Å². The average Bonchev–Trinajstić information content (AvgIpc) is 3.54. The predicted octanol–water partition coefficient (Wildman–Crippen LogP) is 3.50. The summed E-state index contributed by atoms with van der Waals surface area (Å²) in [5.41, 5.74) is 2.55. The van der Waals surface area contributed by atoms with Crippen molar-refractivity contribution in [2.45, 2.75) is 19.5 Å². The predicted molar refractivity (Wildman–Crippen MR) is 144 cm³/mol. The third-order valence-electron chi connectivity index (χ3n) is 6.26. The Morgan fingerprint density at radius 1 is 1.08 bits per heavy atom. The standard InChI is InChI=1S/C25H26ClN5O4S2/c1-30-7-6-17-20(14-30)37-24(29-17)23(33)28-18-12-15(25(34)31-8-10-35-11-9-31)2-3-16(18)13-27-22(32)19-4-5-21(26)36-19/h2-5,12H,6-11,13-14H2,1H3,(H,27,32)(H,28,33). The van der Waals surface area contributed by atoms with E-state index in [2.05, 4.69) is 20.5 Å². The maximum absolute atomic E-state index is 13.2. The van der Waals surface area contributed by atoms with Gasteiger partial charge in [0.05, 0.1) is 28.1 Å². The number of ether oxygens (including phenoxy) is 1. The molecule has 2 aliphatic rings. The number of fused-ring (bicyclic) bond motifs is 1. The lowest BCUT2D eigenvalue weighted by Gasteiger charge is -2.27. The van der Waals surface area contributed by atoms with Gasteiger partial charge in [0.2, 0.25) is 0 Å². The molecule has 1 aromatic carbocycles. The van der Waals surface area contributed by atoms with Crippen LogP contribution < -0.4 is 10.6 Å². The van der Waals surface area contributed by atoms with Crippen molar-refractivity contribution in [2.75, 3.05) is 45.2 Å². The Morgan fingerprint density at radius 3 is 2.65 bits per heavy atom. The third-order valence-corrected chi connectivity index (χ3v) is 8.57. The minimum Gasteiger partial charge on any atom is -0.378 e. The fourth-order valence-corrected chi connectivity index (χ4v) is 6.27. The maximum atomic E-state index is 13.2. The molecule has 0 radical (unpaired) electrons. The van der Waals surface area contributed by atoms with Gasteiger partial charge in [-0.3, -0.25) is 14.4 Å². The van der Waals surface area contributed by atoms with Gasteiger partial charge in [-0.2, -0.15) is 0 Å². The maximum Gasteiger partial charge on any atom is 0.284 e. The number of likely N-dealkylation sites (N-methyl/N-ethyl adjacent to an activating group) is 1. The molecular weight excluding hydrogens is 534 g/mol. The summed E-state index contributed by atoms with van der Waals surface area (Å²) in [6, 6.07) is 8.48. The molecule has 2 aromatic heterocycles. The molecule has 3 amide bonds. The number of thiophene rings is 1.